The SMILES string of the molecule is CNc1nc(C2(C)CCCCO2)nc(C(C)C)c1I. The number of anilines is 1. The molecule has 5 heteroatoms. The summed E-state index contributed by atoms with van der Waals surface area (Å²) in [6, 6.07) is 0. The van der Waals surface area contributed by atoms with Crippen molar-refractivity contribution in [1.82, 2.24) is 9.97 Å². The van der Waals surface area contributed by atoms with E-state index in [1.807, 2.05) is 7.05 Å². The first-order valence-electron chi connectivity index (χ1n) is 6.87. The Labute approximate surface area is 128 Å². The second-order valence-corrected chi connectivity index (χ2v) is 6.61. The number of hydrogen-bond acceptors (Lipinski definition) is 4. The van der Waals surface area contributed by atoms with Gasteiger partial charge in [-0.2, -0.15) is 0 Å². The van der Waals surface area contributed by atoms with Crippen LogP contribution in [0.3, 0.4) is 0 Å². The van der Waals surface area contributed by atoms with Crippen LogP contribution in [0.25, 0.3) is 0 Å². The highest BCUT2D eigenvalue weighted by molar-refractivity contribution is 14.1. The Morgan fingerprint density at radius 1 is 1.32 bits per heavy atom. The van der Waals surface area contributed by atoms with Crippen LogP contribution in [0.4, 0.5) is 5.82 Å². The molecule has 0 saturated carbocycles. The lowest BCUT2D eigenvalue weighted by atomic mass is 9.94. The average molecular weight is 375 g/mol. The largest absolute Gasteiger partial charge is 0.372 e. The Bertz CT molecular complexity index is 456. The predicted octanol–water partition coefficient (Wildman–Crippen LogP) is 3.66. The average Bonchev–Trinajstić information content (AvgIpc) is 2.39. The molecule has 4 nitrogen and oxygen atoms in total. The van der Waals surface area contributed by atoms with E-state index >= 15 is 0 Å². The molecule has 0 bridgehead atoms. The first-order valence-corrected chi connectivity index (χ1v) is 7.95. The molecule has 1 aromatic rings. The van der Waals surface area contributed by atoms with Gasteiger partial charge in [0.15, 0.2) is 5.82 Å². The summed E-state index contributed by atoms with van der Waals surface area (Å²) in [4.78, 5) is 9.47. The van der Waals surface area contributed by atoms with Crippen molar-refractivity contribution in [3.8, 4) is 0 Å². The number of nitrogens with one attached hydrogen (secondary N) is 1. The minimum absolute atomic E-state index is 0.335. The normalized spacial score (nSPS) is 23.7. The highest BCUT2D eigenvalue weighted by Gasteiger charge is 2.34. The molecule has 1 saturated heterocycles. The lowest BCUT2D eigenvalue weighted by Gasteiger charge is -2.33. The minimum atomic E-state index is -0.335. The highest BCUT2D eigenvalue weighted by Crippen LogP contribution is 2.35. The third-order valence-electron chi connectivity index (χ3n) is 3.60. The van der Waals surface area contributed by atoms with Gasteiger partial charge < -0.3 is 10.1 Å². The van der Waals surface area contributed by atoms with Crippen molar-refractivity contribution in [3.63, 3.8) is 0 Å². The van der Waals surface area contributed by atoms with Crippen molar-refractivity contribution in [2.45, 2.75) is 51.6 Å². The van der Waals surface area contributed by atoms with Crippen molar-refractivity contribution in [2.75, 3.05) is 19.0 Å². The van der Waals surface area contributed by atoms with Gasteiger partial charge in [0.05, 0.1) is 9.26 Å². The zero-order valence-electron chi connectivity index (χ0n) is 12.1. The second-order valence-electron chi connectivity index (χ2n) is 5.54. The second kappa shape index (κ2) is 5.91. The Kier molecular flexibility index (Phi) is 4.66. The maximum absolute atomic E-state index is 5.97. The molecule has 1 unspecified atom stereocenters. The fraction of sp³-hybridized carbons (Fsp3) is 0.714. The van der Waals surface area contributed by atoms with Gasteiger partial charge in [-0.3, -0.25) is 0 Å². The molecule has 1 aliphatic rings. The van der Waals surface area contributed by atoms with E-state index in [0.29, 0.717) is 5.92 Å². The van der Waals surface area contributed by atoms with Gasteiger partial charge in [0.2, 0.25) is 0 Å². The van der Waals surface area contributed by atoms with Gasteiger partial charge in [0.25, 0.3) is 0 Å². The van der Waals surface area contributed by atoms with E-state index in [9.17, 15) is 0 Å². The maximum Gasteiger partial charge on any atom is 0.162 e. The van der Waals surface area contributed by atoms with Crippen LogP contribution >= 0.6 is 22.6 Å². The molecule has 0 spiro atoms. The summed E-state index contributed by atoms with van der Waals surface area (Å²) in [6.45, 7) is 7.24. The summed E-state index contributed by atoms with van der Waals surface area (Å²) in [5.41, 5.74) is 0.767. The first-order chi connectivity index (χ1) is 8.98. The van der Waals surface area contributed by atoms with E-state index in [-0.39, 0.29) is 5.60 Å². The molecule has 1 fully saturated rings. The molecule has 106 valence electrons. The molecule has 0 aliphatic carbocycles. The number of nitrogens with zero attached hydrogens (tertiary/aromatic N) is 2. The Morgan fingerprint density at radius 2 is 2.05 bits per heavy atom. The molecule has 0 radical (unpaired) electrons. The van der Waals surface area contributed by atoms with Crippen molar-refractivity contribution >= 4 is 28.4 Å². The van der Waals surface area contributed by atoms with Gasteiger partial charge in [-0.25, -0.2) is 9.97 Å². The fourth-order valence-electron chi connectivity index (χ4n) is 2.36. The fourth-order valence-corrected chi connectivity index (χ4v) is 3.49. The van der Waals surface area contributed by atoms with Gasteiger partial charge >= 0.3 is 0 Å². The minimum Gasteiger partial charge on any atom is -0.372 e. The van der Waals surface area contributed by atoms with E-state index < -0.39 is 0 Å². The zero-order valence-corrected chi connectivity index (χ0v) is 14.2. The van der Waals surface area contributed by atoms with E-state index in [4.69, 9.17) is 9.72 Å². The quantitative estimate of drug-likeness (QED) is 0.820. The van der Waals surface area contributed by atoms with Crippen molar-refractivity contribution in [2.24, 2.45) is 0 Å². The van der Waals surface area contributed by atoms with Crippen LogP contribution in [0, 0.1) is 3.57 Å². The summed E-state index contributed by atoms with van der Waals surface area (Å²) in [6.07, 6.45) is 3.31. The summed E-state index contributed by atoms with van der Waals surface area (Å²) in [7, 11) is 1.91. The maximum atomic E-state index is 5.97. The zero-order chi connectivity index (χ0) is 14.0. The smallest absolute Gasteiger partial charge is 0.162 e. The summed E-state index contributed by atoms with van der Waals surface area (Å²) < 4.78 is 7.08. The molecule has 1 N–H and O–H groups in total. The number of aromatic nitrogens is 2. The third-order valence-corrected chi connectivity index (χ3v) is 4.67. The van der Waals surface area contributed by atoms with E-state index in [1.54, 1.807) is 0 Å². The monoisotopic (exact) mass is 375 g/mol. The van der Waals surface area contributed by atoms with Gasteiger partial charge in [-0.05, 0) is 54.7 Å². The topological polar surface area (TPSA) is 47.0 Å². The number of hydrogen-bond donors (Lipinski definition) is 1. The van der Waals surface area contributed by atoms with Crippen LogP contribution in [0.5, 0.6) is 0 Å². The van der Waals surface area contributed by atoms with E-state index in [2.05, 4.69) is 53.7 Å². The summed E-state index contributed by atoms with van der Waals surface area (Å²) in [5, 5.41) is 3.17. The first kappa shape index (κ1) is 15.0. The van der Waals surface area contributed by atoms with Gasteiger partial charge in [-0.15, -0.1) is 0 Å². The number of ether oxygens (including phenoxy) is 1. The molecule has 1 atom stereocenters. The molecule has 2 rings (SSSR count). The van der Waals surface area contributed by atoms with Gasteiger partial charge in [0, 0.05) is 13.7 Å². The Morgan fingerprint density at radius 3 is 2.58 bits per heavy atom. The Balaban J connectivity index is 2.48. The van der Waals surface area contributed by atoms with Crippen molar-refractivity contribution in [1.29, 1.82) is 0 Å². The van der Waals surface area contributed by atoms with Crippen LogP contribution in [-0.2, 0) is 10.3 Å². The molecular formula is C14H22IN3O. The van der Waals surface area contributed by atoms with Gasteiger partial charge in [0.1, 0.15) is 11.4 Å². The van der Waals surface area contributed by atoms with Crippen molar-refractivity contribution < 1.29 is 4.74 Å². The van der Waals surface area contributed by atoms with E-state index in [1.165, 1.54) is 6.42 Å². The molecule has 0 amide bonds. The van der Waals surface area contributed by atoms with Gasteiger partial charge in [-0.1, -0.05) is 13.8 Å². The molecular weight excluding hydrogens is 353 g/mol. The van der Waals surface area contributed by atoms with Crippen LogP contribution in [0.1, 0.15) is 57.5 Å². The lowest BCUT2D eigenvalue weighted by molar-refractivity contribution is -0.0761. The molecule has 1 aliphatic heterocycles. The molecule has 19 heavy (non-hydrogen) atoms. The lowest BCUT2D eigenvalue weighted by Crippen LogP contribution is -2.33. The predicted molar refractivity (Wildman–Crippen MR) is 85.5 cm³/mol. The highest BCUT2D eigenvalue weighted by atomic mass is 127. The molecule has 2 heterocycles. The number of halogens is 1. The number of rotatable bonds is 3. The van der Waals surface area contributed by atoms with E-state index in [0.717, 1.165) is 40.4 Å². The van der Waals surface area contributed by atoms with Crippen LogP contribution in [-0.4, -0.2) is 23.6 Å². The van der Waals surface area contributed by atoms with Crippen LogP contribution in [0.2, 0.25) is 0 Å². The third kappa shape index (κ3) is 3.02. The van der Waals surface area contributed by atoms with Crippen LogP contribution < -0.4 is 5.32 Å². The molecule has 1 aromatic heterocycles. The standard InChI is InChI=1S/C14H22IN3O/c1-9(2)11-10(15)12(16-4)18-13(17-11)14(3)7-5-6-8-19-14/h9H,5-8H2,1-4H3,(H,16,17,18). The molecule has 0 aromatic carbocycles. The van der Waals surface area contributed by atoms with Crippen LogP contribution in [0.15, 0.2) is 0 Å². The summed E-state index contributed by atoms with van der Waals surface area (Å²) >= 11 is 2.32. The Hall–Kier alpha value is -0.430. The van der Waals surface area contributed by atoms with Crippen molar-refractivity contribution in [3.05, 3.63) is 15.1 Å². The summed E-state index contributed by atoms with van der Waals surface area (Å²) in [5.74, 6) is 2.11.